The molecule has 204 valence electrons. The Morgan fingerprint density at radius 1 is 1.08 bits per heavy atom. The highest BCUT2D eigenvalue weighted by molar-refractivity contribution is 6.25. The number of nitriles is 1. The summed E-state index contributed by atoms with van der Waals surface area (Å²) in [6.07, 6.45) is -0.953. The van der Waals surface area contributed by atoms with Crippen molar-refractivity contribution < 1.29 is 39.3 Å². The van der Waals surface area contributed by atoms with Crippen LogP contribution in [0.25, 0.3) is 5.76 Å². The minimum Gasteiger partial charge on any atom is -0.509 e. The van der Waals surface area contributed by atoms with Gasteiger partial charge in [0.1, 0.15) is 22.8 Å². The van der Waals surface area contributed by atoms with Crippen molar-refractivity contribution in [1.82, 2.24) is 4.90 Å². The number of rotatable bonds is 4. The zero-order chi connectivity index (χ0) is 29.6. The number of nitrogens with two attached hydrogens (primary N) is 3. The number of aromatic hydroxyl groups is 1. The van der Waals surface area contributed by atoms with Crippen LogP contribution in [0.3, 0.4) is 0 Å². The fraction of sp³-hybridized carbons (Fsp3) is 0.385. The lowest BCUT2D eigenvalue weighted by atomic mass is 9.47. The summed E-state index contributed by atoms with van der Waals surface area (Å²) >= 11 is 0. The van der Waals surface area contributed by atoms with E-state index < -0.39 is 92.0 Å². The molecule has 0 saturated heterocycles. The number of primary amides is 1. The van der Waals surface area contributed by atoms with Crippen LogP contribution < -0.4 is 17.2 Å². The van der Waals surface area contributed by atoms with Gasteiger partial charge >= 0.3 is 0 Å². The molecular formula is C26H27N5O8. The molecule has 1 aromatic carbocycles. The Hall–Kier alpha value is -4.38. The average molecular weight is 538 g/mol. The minimum absolute atomic E-state index is 0.0238. The first-order valence-corrected chi connectivity index (χ1v) is 11.8. The van der Waals surface area contributed by atoms with E-state index in [4.69, 9.17) is 17.2 Å². The Morgan fingerprint density at radius 3 is 2.10 bits per heavy atom. The molecule has 1 fully saturated rings. The number of amides is 1. The highest BCUT2D eigenvalue weighted by atomic mass is 16.3. The third kappa shape index (κ3) is 3.19. The molecular weight excluding hydrogens is 510 g/mol. The topological polar surface area (TPSA) is 251 Å². The normalized spacial score (nSPS) is 29.9. The van der Waals surface area contributed by atoms with Crippen molar-refractivity contribution in [3.63, 3.8) is 0 Å². The van der Waals surface area contributed by atoms with Crippen LogP contribution in [0.15, 0.2) is 23.0 Å². The molecule has 3 aliphatic rings. The van der Waals surface area contributed by atoms with Gasteiger partial charge in [0.25, 0.3) is 5.91 Å². The number of fused-ring (bicyclic) bond motifs is 3. The van der Waals surface area contributed by atoms with Crippen molar-refractivity contribution in [3.8, 4) is 11.8 Å². The van der Waals surface area contributed by atoms with Gasteiger partial charge in [0.15, 0.2) is 28.5 Å². The number of Topliss-reactive ketones (excluding diaryl/α,β-unsaturated/α-hetero) is 4. The second-order valence-corrected chi connectivity index (χ2v) is 10.6. The molecule has 0 spiro atoms. The zero-order valence-corrected chi connectivity index (χ0v) is 21.6. The van der Waals surface area contributed by atoms with Crippen molar-refractivity contribution >= 4 is 34.8 Å². The van der Waals surface area contributed by atoms with Gasteiger partial charge in [0, 0.05) is 5.56 Å². The van der Waals surface area contributed by atoms with Crippen LogP contribution in [0.4, 0.5) is 0 Å². The van der Waals surface area contributed by atoms with E-state index in [1.54, 1.807) is 6.07 Å². The summed E-state index contributed by atoms with van der Waals surface area (Å²) in [5.41, 5.74) is 9.46. The molecule has 1 aromatic rings. The van der Waals surface area contributed by atoms with E-state index in [9.17, 15) is 44.6 Å². The Kier molecular flexibility index (Phi) is 5.89. The number of likely N-dealkylation sites (N-methyl/N-ethyl adjacent to an activating group) is 1. The van der Waals surface area contributed by atoms with Gasteiger partial charge in [-0.05, 0) is 52.4 Å². The fourth-order valence-electron chi connectivity index (χ4n) is 6.48. The van der Waals surface area contributed by atoms with Gasteiger partial charge in [0.05, 0.1) is 39.9 Å². The van der Waals surface area contributed by atoms with Crippen LogP contribution in [-0.4, -0.2) is 80.5 Å². The first kappa shape index (κ1) is 27.6. The first-order chi connectivity index (χ1) is 17.9. The second-order valence-electron chi connectivity index (χ2n) is 10.6. The van der Waals surface area contributed by atoms with Crippen molar-refractivity contribution in [3.05, 3.63) is 45.2 Å². The second kappa shape index (κ2) is 8.31. The molecule has 0 heterocycles. The molecule has 1 saturated carbocycles. The van der Waals surface area contributed by atoms with Gasteiger partial charge in [-0.2, -0.15) is 5.26 Å². The summed E-state index contributed by atoms with van der Waals surface area (Å²) in [5, 5.41) is 43.9. The van der Waals surface area contributed by atoms with Crippen LogP contribution in [-0.2, 0) is 20.8 Å². The lowest BCUT2D eigenvalue weighted by molar-refractivity contribution is -0.139. The Morgan fingerprint density at radius 2 is 1.64 bits per heavy atom. The number of hydrogen-bond acceptors (Lipinski definition) is 12. The van der Waals surface area contributed by atoms with Crippen LogP contribution in [0.2, 0.25) is 0 Å². The lowest BCUT2D eigenvalue weighted by Gasteiger charge is -2.58. The number of carbonyl (C=O) groups excluding carboxylic acids is 5. The third-order valence-corrected chi connectivity index (χ3v) is 8.01. The number of benzene rings is 1. The molecule has 13 nitrogen and oxygen atoms in total. The van der Waals surface area contributed by atoms with E-state index in [2.05, 4.69) is 0 Å². The number of phenolic OH excluding ortho intramolecular Hbond substituents is 1. The summed E-state index contributed by atoms with van der Waals surface area (Å²) in [6, 6.07) is 1.28. The molecule has 0 aliphatic heterocycles. The van der Waals surface area contributed by atoms with Gasteiger partial charge in [-0.15, -0.1) is 0 Å². The van der Waals surface area contributed by atoms with E-state index in [1.807, 2.05) is 0 Å². The number of ketones is 4. The van der Waals surface area contributed by atoms with Gasteiger partial charge in [-0.3, -0.25) is 28.9 Å². The SMILES string of the molecule is CC(=O)c1cc(C(C)=O)c2c(c1O)C(O)=C1C(=O)[C@]3(C#N)C(O)=C(C(N)=O)C(=O)[C@@H](N(C)C)[C@]3(N)C[C@]1(N)C2. The van der Waals surface area contributed by atoms with Crippen molar-refractivity contribution in [2.24, 2.45) is 22.6 Å². The molecule has 9 N–H and O–H groups in total. The molecule has 0 unspecified atom stereocenters. The number of aliphatic hydroxyl groups is 2. The predicted molar refractivity (Wildman–Crippen MR) is 134 cm³/mol. The number of nitrogens with zero attached hydrogens (tertiary/aromatic N) is 2. The van der Waals surface area contributed by atoms with Crippen LogP contribution in [0, 0.1) is 16.7 Å². The largest absolute Gasteiger partial charge is 0.509 e. The summed E-state index contributed by atoms with van der Waals surface area (Å²) in [6.45, 7) is 2.32. The maximum Gasteiger partial charge on any atom is 0.255 e. The Balaban J connectivity index is 2.18. The van der Waals surface area contributed by atoms with Gasteiger partial charge < -0.3 is 32.5 Å². The van der Waals surface area contributed by atoms with Crippen molar-refractivity contribution in [1.29, 1.82) is 5.26 Å². The molecule has 0 aromatic heterocycles. The fourth-order valence-corrected chi connectivity index (χ4v) is 6.48. The van der Waals surface area contributed by atoms with Crippen molar-refractivity contribution in [2.45, 2.75) is 43.8 Å². The molecule has 0 radical (unpaired) electrons. The maximum atomic E-state index is 14.3. The van der Waals surface area contributed by atoms with Gasteiger partial charge in [-0.25, -0.2) is 0 Å². The molecule has 0 bridgehead atoms. The molecule has 4 atom stereocenters. The summed E-state index contributed by atoms with van der Waals surface area (Å²) < 4.78 is 0. The molecule has 4 rings (SSSR count). The predicted octanol–water partition coefficient (Wildman–Crippen LogP) is -0.689. The molecule has 39 heavy (non-hydrogen) atoms. The zero-order valence-electron chi connectivity index (χ0n) is 21.6. The summed E-state index contributed by atoms with van der Waals surface area (Å²) in [5.74, 6) is -7.86. The monoisotopic (exact) mass is 537 g/mol. The van der Waals surface area contributed by atoms with Gasteiger partial charge in [-0.1, -0.05) is 0 Å². The smallest absolute Gasteiger partial charge is 0.255 e. The minimum atomic E-state index is -2.80. The standard InChI is InChI=1S/C26H27N5O8/c1-9(32)11-5-12(10(2)33)17(34)14-13(11)6-24(29)7-26(30)20(31(3)4)19(36)15(23(28)39)21(37)25(26,8-27)22(38)16(24)18(14)35/h5,20,34-35,37H,6-7,29-30H2,1-4H3,(H2,28,39)/t20-,24-,25+,26-/m1/s1. The number of carbonyl (C=O) groups is 5. The van der Waals surface area contributed by atoms with E-state index in [0.717, 1.165) is 13.0 Å². The van der Waals surface area contributed by atoms with Gasteiger partial charge in [0.2, 0.25) is 0 Å². The average Bonchev–Trinajstić information content (AvgIpc) is 2.77. The Labute approximate surface area is 222 Å². The van der Waals surface area contributed by atoms with E-state index in [-0.39, 0.29) is 23.1 Å². The highest BCUT2D eigenvalue weighted by Gasteiger charge is 2.74. The third-order valence-electron chi connectivity index (χ3n) is 8.01. The van der Waals surface area contributed by atoms with E-state index >= 15 is 0 Å². The molecule has 1 amide bonds. The van der Waals surface area contributed by atoms with Crippen molar-refractivity contribution in [2.75, 3.05) is 14.1 Å². The number of hydrogen-bond donors (Lipinski definition) is 6. The molecule has 13 heteroatoms. The maximum absolute atomic E-state index is 14.3. The van der Waals surface area contributed by atoms with Crippen LogP contribution in [0.5, 0.6) is 5.75 Å². The van der Waals surface area contributed by atoms with E-state index in [1.165, 1.54) is 25.9 Å². The Bertz CT molecular complexity index is 1550. The lowest BCUT2D eigenvalue weighted by Crippen LogP contribution is -2.80. The van der Waals surface area contributed by atoms with E-state index in [0.29, 0.717) is 0 Å². The summed E-state index contributed by atoms with van der Waals surface area (Å²) in [7, 11) is 2.81. The first-order valence-electron chi connectivity index (χ1n) is 11.8. The number of phenols is 1. The van der Waals surface area contributed by atoms with Crippen LogP contribution >= 0.6 is 0 Å². The molecule has 3 aliphatic carbocycles. The quantitative estimate of drug-likeness (QED) is 0.206. The summed E-state index contributed by atoms with van der Waals surface area (Å²) in [4.78, 5) is 65.9. The van der Waals surface area contributed by atoms with Crippen LogP contribution in [0.1, 0.15) is 52.1 Å². The highest BCUT2D eigenvalue weighted by Crippen LogP contribution is 2.58. The number of aliphatic hydroxyl groups excluding tert-OH is 2.